The van der Waals surface area contributed by atoms with E-state index in [4.69, 9.17) is 10.5 Å². The fourth-order valence-electron chi connectivity index (χ4n) is 2.13. The van der Waals surface area contributed by atoms with E-state index in [0.29, 0.717) is 5.56 Å². The van der Waals surface area contributed by atoms with Crippen molar-refractivity contribution in [3.63, 3.8) is 0 Å². The maximum absolute atomic E-state index is 12.4. The van der Waals surface area contributed by atoms with Gasteiger partial charge in [-0.15, -0.1) is 0 Å². The summed E-state index contributed by atoms with van der Waals surface area (Å²) in [5.74, 6) is -1.28. The second kappa shape index (κ2) is 7.43. The third-order valence-corrected chi connectivity index (χ3v) is 3.46. The molecule has 25 heavy (non-hydrogen) atoms. The molecule has 2 aromatic rings. The molecule has 1 amide bonds. The average molecular weight is 343 g/mol. The zero-order valence-electron chi connectivity index (χ0n) is 13.7. The Morgan fingerprint density at radius 1 is 1.16 bits per heavy atom. The number of nitrogens with two attached hydrogens (primary N) is 1. The molecule has 0 unspecified atom stereocenters. The Bertz CT molecular complexity index is 805. The summed E-state index contributed by atoms with van der Waals surface area (Å²) < 4.78 is 5.33. The number of rotatable bonds is 5. The highest BCUT2D eigenvalue weighted by Gasteiger charge is 2.27. The van der Waals surface area contributed by atoms with Crippen LogP contribution in [0.2, 0.25) is 0 Å². The van der Waals surface area contributed by atoms with Crippen LogP contribution in [0.3, 0.4) is 0 Å². The van der Waals surface area contributed by atoms with Crippen molar-refractivity contribution in [3.8, 4) is 0 Å². The van der Waals surface area contributed by atoms with E-state index in [1.54, 1.807) is 44.4 Å². The second-order valence-electron chi connectivity index (χ2n) is 5.46. The quantitative estimate of drug-likeness (QED) is 0.385. The summed E-state index contributed by atoms with van der Waals surface area (Å²) in [6.07, 6.45) is -1.15. The summed E-state index contributed by atoms with van der Waals surface area (Å²) in [5, 5.41) is 11.0. The van der Waals surface area contributed by atoms with Gasteiger partial charge in [-0.05, 0) is 12.1 Å². The zero-order chi connectivity index (χ0) is 18.6. The van der Waals surface area contributed by atoms with Gasteiger partial charge in [-0.1, -0.05) is 30.3 Å². The summed E-state index contributed by atoms with van der Waals surface area (Å²) in [6, 6.07) is 12.1. The summed E-state index contributed by atoms with van der Waals surface area (Å²) in [5.41, 5.74) is 5.49. The fourth-order valence-corrected chi connectivity index (χ4v) is 2.13. The molecule has 8 heteroatoms. The fraction of sp³-hybridized carbons (Fsp3) is 0.176. The van der Waals surface area contributed by atoms with Crippen molar-refractivity contribution in [1.29, 1.82) is 0 Å². The first kappa shape index (κ1) is 17.9. The highest BCUT2D eigenvalue weighted by Crippen LogP contribution is 2.25. The Kier molecular flexibility index (Phi) is 5.33. The molecule has 8 nitrogen and oxygen atoms in total. The molecule has 0 aliphatic rings. The second-order valence-corrected chi connectivity index (χ2v) is 5.46. The van der Waals surface area contributed by atoms with Gasteiger partial charge in [0.05, 0.1) is 10.5 Å². The van der Waals surface area contributed by atoms with Crippen LogP contribution in [0.5, 0.6) is 0 Å². The summed E-state index contributed by atoms with van der Waals surface area (Å²) >= 11 is 0. The SMILES string of the molecule is CN(C)C(=O)[C@H](OC(=O)c1ccc(N)c([N+](=O)[O-])c1)c1ccccc1. The monoisotopic (exact) mass is 343 g/mol. The Balaban J connectivity index is 2.33. The van der Waals surface area contributed by atoms with Crippen molar-refractivity contribution in [1.82, 2.24) is 4.90 Å². The van der Waals surface area contributed by atoms with Crippen LogP contribution in [0, 0.1) is 10.1 Å². The molecule has 2 N–H and O–H groups in total. The van der Waals surface area contributed by atoms with E-state index in [2.05, 4.69) is 0 Å². The van der Waals surface area contributed by atoms with Gasteiger partial charge in [0.2, 0.25) is 6.10 Å². The number of likely N-dealkylation sites (N-methyl/N-ethyl adjacent to an activating group) is 1. The molecular formula is C17H17N3O5. The number of esters is 1. The van der Waals surface area contributed by atoms with Crippen molar-refractivity contribution in [2.24, 2.45) is 0 Å². The first-order valence-electron chi connectivity index (χ1n) is 7.32. The lowest BCUT2D eigenvalue weighted by atomic mass is 10.1. The lowest BCUT2D eigenvalue weighted by molar-refractivity contribution is -0.383. The molecule has 0 spiro atoms. The summed E-state index contributed by atoms with van der Waals surface area (Å²) in [7, 11) is 3.08. The number of anilines is 1. The lowest BCUT2D eigenvalue weighted by Gasteiger charge is -2.21. The normalized spacial score (nSPS) is 11.4. The number of hydrogen-bond acceptors (Lipinski definition) is 6. The lowest BCUT2D eigenvalue weighted by Crippen LogP contribution is -2.31. The summed E-state index contributed by atoms with van der Waals surface area (Å²) in [6.45, 7) is 0. The Morgan fingerprint density at radius 2 is 1.80 bits per heavy atom. The topological polar surface area (TPSA) is 116 Å². The van der Waals surface area contributed by atoms with E-state index < -0.39 is 28.6 Å². The minimum absolute atomic E-state index is 0.0617. The Labute approximate surface area is 144 Å². The molecule has 2 rings (SSSR count). The standard InChI is InChI=1S/C17H17N3O5/c1-19(2)16(21)15(11-6-4-3-5-7-11)25-17(22)12-8-9-13(18)14(10-12)20(23)24/h3-10,15H,18H2,1-2H3/t15-/m1/s1. The van der Waals surface area contributed by atoms with Gasteiger partial charge in [-0.2, -0.15) is 0 Å². The van der Waals surface area contributed by atoms with Crippen LogP contribution in [0.15, 0.2) is 48.5 Å². The number of amides is 1. The predicted octanol–water partition coefficient (Wildman–Crippen LogP) is 2.16. The zero-order valence-corrected chi connectivity index (χ0v) is 13.7. The predicted molar refractivity (Wildman–Crippen MR) is 90.8 cm³/mol. The van der Waals surface area contributed by atoms with Gasteiger partial charge >= 0.3 is 5.97 Å². The van der Waals surface area contributed by atoms with Crippen LogP contribution in [-0.2, 0) is 9.53 Å². The van der Waals surface area contributed by atoms with Crippen LogP contribution in [-0.4, -0.2) is 35.8 Å². The van der Waals surface area contributed by atoms with Gasteiger partial charge in [0.15, 0.2) is 0 Å². The van der Waals surface area contributed by atoms with Crippen molar-refractivity contribution in [2.75, 3.05) is 19.8 Å². The highest BCUT2D eigenvalue weighted by molar-refractivity contribution is 5.94. The molecule has 0 aromatic heterocycles. The molecule has 0 radical (unpaired) electrons. The smallest absolute Gasteiger partial charge is 0.339 e. The average Bonchev–Trinajstić information content (AvgIpc) is 2.59. The minimum atomic E-state index is -1.15. The Hall–Kier alpha value is -3.42. The largest absolute Gasteiger partial charge is 0.444 e. The number of nitro groups is 1. The molecule has 2 aromatic carbocycles. The third-order valence-electron chi connectivity index (χ3n) is 3.46. The van der Waals surface area contributed by atoms with E-state index in [-0.39, 0.29) is 11.3 Å². The molecule has 0 fully saturated rings. The highest BCUT2D eigenvalue weighted by atomic mass is 16.6. The number of nitrogens with zero attached hydrogens (tertiary/aromatic N) is 2. The molecule has 1 atom stereocenters. The third kappa shape index (κ3) is 4.11. The summed E-state index contributed by atoms with van der Waals surface area (Å²) in [4.78, 5) is 36.3. The number of benzene rings is 2. The minimum Gasteiger partial charge on any atom is -0.444 e. The maximum atomic E-state index is 12.4. The van der Waals surface area contributed by atoms with Crippen molar-refractivity contribution < 1.29 is 19.2 Å². The van der Waals surface area contributed by atoms with Gasteiger partial charge in [0.25, 0.3) is 11.6 Å². The van der Waals surface area contributed by atoms with Crippen LogP contribution < -0.4 is 5.73 Å². The molecule has 0 saturated heterocycles. The van der Waals surface area contributed by atoms with Gasteiger partial charge in [-0.3, -0.25) is 14.9 Å². The Morgan fingerprint density at radius 3 is 2.36 bits per heavy atom. The maximum Gasteiger partial charge on any atom is 0.339 e. The molecular weight excluding hydrogens is 326 g/mol. The van der Waals surface area contributed by atoms with Crippen LogP contribution >= 0.6 is 0 Å². The first-order chi connectivity index (χ1) is 11.8. The molecule has 130 valence electrons. The number of carbonyl (C=O) groups excluding carboxylic acids is 2. The number of nitro benzene ring substituents is 1. The first-order valence-corrected chi connectivity index (χ1v) is 7.32. The molecule has 0 aliphatic carbocycles. The number of ether oxygens (including phenoxy) is 1. The van der Waals surface area contributed by atoms with Crippen molar-refractivity contribution in [3.05, 3.63) is 69.8 Å². The van der Waals surface area contributed by atoms with E-state index >= 15 is 0 Å². The van der Waals surface area contributed by atoms with E-state index in [0.717, 1.165) is 6.07 Å². The van der Waals surface area contributed by atoms with E-state index in [1.807, 2.05) is 0 Å². The van der Waals surface area contributed by atoms with E-state index in [9.17, 15) is 19.7 Å². The van der Waals surface area contributed by atoms with Gasteiger partial charge in [0.1, 0.15) is 5.69 Å². The number of nitrogen functional groups attached to an aromatic ring is 1. The van der Waals surface area contributed by atoms with Gasteiger partial charge in [0, 0.05) is 25.7 Å². The van der Waals surface area contributed by atoms with Crippen LogP contribution in [0.4, 0.5) is 11.4 Å². The van der Waals surface area contributed by atoms with Gasteiger partial charge in [-0.25, -0.2) is 4.79 Å². The molecule has 0 saturated carbocycles. The number of carbonyl (C=O) groups is 2. The molecule has 0 aliphatic heterocycles. The van der Waals surface area contributed by atoms with Crippen molar-refractivity contribution >= 4 is 23.3 Å². The van der Waals surface area contributed by atoms with Crippen LogP contribution in [0.1, 0.15) is 22.0 Å². The molecule has 0 bridgehead atoms. The van der Waals surface area contributed by atoms with Crippen molar-refractivity contribution in [2.45, 2.75) is 6.10 Å². The van der Waals surface area contributed by atoms with Gasteiger partial charge < -0.3 is 15.4 Å². The van der Waals surface area contributed by atoms with E-state index in [1.165, 1.54) is 17.0 Å². The number of hydrogen-bond donors (Lipinski definition) is 1. The van der Waals surface area contributed by atoms with Crippen LogP contribution in [0.25, 0.3) is 0 Å². The molecule has 0 heterocycles.